The Bertz CT molecular complexity index is 542. The van der Waals surface area contributed by atoms with Gasteiger partial charge >= 0.3 is 5.97 Å². The summed E-state index contributed by atoms with van der Waals surface area (Å²) in [6.45, 7) is 3.30. The van der Waals surface area contributed by atoms with Crippen LogP contribution in [-0.2, 0) is 14.3 Å². The van der Waals surface area contributed by atoms with Gasteiger partial charge in [0.2, 0.25) is 5.91 Å². The molecule has 0 unspecified atom stereocenters. The van der Waals surface area contributed by atoms with Gasteiger partial charge in [-0.05, 0) is 19.1 Å². The molecule has 6 nitrogen and oxygen atoms in total. The third-order valence-electron chi connectivity index (χ3n) is 2.97. The molecule has 0 atom stereocenters. The molecule has 0 aromatic heterocycles. The van der Waals surface area contributed by atoms with Gasteiger partial charge < -0.3 is 15.0 Å². The molecule has 0 aliphatic carbocycles. The second-order valence-electron chi connectivity index (χ2n) is 4.32. The molecule has 106 valence electrons. The van der Waals surface area contributed by atoms with E-state index in [1.54, 1.807) is 30.0 Å². The van der Waals surface area contributed by atoms with Crippen LogP contribution in [-0.4, -0.2) is 43.9 Å². The van der Waals surface area contributed by atoms with Crippen molar-refractivity contribution in [3.8, 4) is 0 Å². The number of esters is 1. The van der Waals surface area contributed by atoms with Crippen molar-refractivity contribution < 1.29 is 19.1 Å². The minimum Gasteiger partial charge on any atom is -0.460 e. The molecule has 2 rings (SSSR count). The van der Waals surface area contributed by atoms with E-state index in [2.05, 4.69) is 10.1 Å². The van der Waals surface area contributed by atoms with Crippen LogP contribution in [0.2, 0.25) is 0 Å². The molecular formula is C14H16N2O4. The molecule has 1 amide bonds. The SMILES string of the molecule is CCOC(=O)C(=O)c1cccc(N2CCNCC2=O)c1. The average Bonchev–Trinajstić information content (AvgIpc) is 2.47. The Hall–Kier alpha value is -2.21. The van der Waals surface area contributed by atoms with Crippen LogP contribution in [0.5, 0.6) is 0 Å². The molecule has 1 saturated heterocycles. The number of ketones is 1. The molecular weight excluding hydrogens is 260 g/mol. The first-order chi connectivity index (χ1) is 9.63. The highest BCUT2D eigenvalue weighted by Gasteiger charge is 2.22. The van der Waals surface area contributed by atoms with Crippen molar-refractivity contribution >= 4 is 23.3 Å². The van der Waals surface area contributed by atoms with Gasteiger partial charge in [-0.2, -0.15) is 0 Å². The Morgan fingerprint density at radius 3 is 2.90 bits per heavy atom. The second-order valence-corrected chi connectivity index (χ2v) is 4.32. The summed E-state index contributed by atoms with van der Waals surface area (Å²) < 4.78 is 4.69. The number of anilines is 1. The van der Waals surface area contributed by atoms with Crippen molar-refractivity contribution in [2.45, 2.75) is 6.92 Å². The summed E-state index contributed by atoms with van der Waals surface area (Å²) in [5.41, 5.74) is 0.846. The number of piperazine rings is 1. The Morgan fingerprint density at radius 1 is 1.40 bits per heavy atom. The number of hydrogen-bond acceptors (Lipinski definition) is 5. The molecule has 0 bridgehead atoms. The quantitative estimate of drug-likeness (QED) is 0.488. The van der Waals surface area contributed by atoms with Crippen molar-refractivity contribution in [1.82, 2.24) is 5.32 Å². The highest BCUT2D eigenvalue weighted by Crippen LogP contribution is 2.18. The van der Waals surface area contributed by atoms with Gasteiger partial charge in [0.25, 0.3) is 5.78 Å². The van der Waals surface area contributed by atoms with E-state index in [-0.39, 0.29) is 24.6 Å². The first-order valence-electron chi connectivity index (χ1n) is 6.46. The maximum Gasteiger partial charge on any atom is 0.379 e. The predicted molar refractivity (Wildman–Crippen MR) is 72.6 cm³/mol. The van der Waals surface area contributed by atoms with Crippen molar-refractivity contribution in [3.05, 3.63) is 29.8 Å². The molecule has 0 saturated carbocycles. The van der Waals surface area contributed by atoms with Gasteiger partial charge in [0.15, 0.2) is 0 Å². The van der Waals surface area contributed by atoms with Crippen LogP contribution in [0, 0.1) is 0 Å². The van der Waals surface area contributed by atoms with Crippen LogP contribution in [0.4, 0.5) is 5.69 Å². The van der Waals surface area contributed by atoms with E-state index in [1.165, 1.54) is 6.07 Å². The third-order valence-corrected chi connectivity index (χ3v) is 2.97. The fraction of sp³-hybridized carbons (Fsp3) is 0.357. The molecule has 20 heavy (non-hydrogen) atoms. The fourth-order valence-electron chi connectivity index (χ4n) is 2.01. The molecule has 1 aliphatic heterocycles. The minimum absolute atomic E-state index is 0.0583. The van der Waals surface area contributed by atoms with Crippen LogP contribution >= 0.6 is 0 Å². The topological polar surface area (TPSA) is 75.7 Å². The van der Waals surface area contributed by atoms with Crippen molar-refractivity contribution in [1.29, 1.82) is 0 Å². The Morgan fingerprint density at radius 2 is 2.20 bits per heavy atom. The molecule has 1 aromatic carbocycles. The number of Topliss-reactive ketones (excluding diaryl/α,β-unsaturated/α-hetero) is 1. The van der Waals surface area contributed by atoms with Crippen LogP contribution < -0.4 is 10.2 Å². The van der Waals surface area contributed by atoms with Gasteiger partial charge in [-0.1, -0.05) is 12.1 Å². The maximum atomic E-state index is 11.9. The van der Waals surface area contributed by atoms with Crippen molar-refractivity contribution in [3.63, 3.8) is 0 Å². The van der Waals surface area contributed by atoms with Gasteiger partial charge in [-0.3, -0.25) is 9.59 Å². The third kappa shape index (κ3) is 3.03. The van der Waals surface area contributed by atoms with Crippen LogP contribution in [0.25, 0.3) is 0 Å². The summed E-state index contributed by atoms with van der Waals surface area (Å²) in [6, 6.07) is 6.47. The monoisotopic (exact) mass is 276 g/mol. The van der Waals surface area contributed by atoms with E-state index in [0.29, 0.717) is 18.8 Å². The summed E-state index contributed by atoms with van der Waals surface area (Å²) >= 11 is 0. The number of carbonyl (C=O) groups is 3. The van der Waals surface area contributed by atoms with Gasteiger partial charge in [0.1, 0.15) is 0 Å². The number of rotatable bonds is 4. The van der Waals surface area contributed by atoms with Gasteiger partial charge in [0, 0.05) is 24.3 Å². The molecule has 1 heterocycles. The number of nitrogens with one attached hydrogen (secondary N) is 1. The first kappa shape index (κ1) is 14.2. The zero-order valence-corrected chi connectivity index (χ0v) is 11.2. The molecule has 6 heteroatoms. The van der Waals surface area contributed by atoms with Gasteiger partial charge in [-0.25, -0.2) is 4.79 Å². The number of hydrogen-bond donors (Lipinski definition) is 1. The lowest BCUT2D eigenvalue weighted by molar-refractivity contribution is -0.137. The number of nitrogens with zero attached hydrogens (tertiary/aromatic N) is 1. The largest absolute Gasteiger partial charge is 0.460 e. The summed E-state index contributed by atoms with van der Waals surface area (Å²) in [4.78, 5) is 36.7. The van der Waals surface area contributed by atoms with E-state index >= 15 is 0 Å². The highest BCUT2D eigenvalue weighted by atomic mass is 16.5. The zero-order chi connectivity index (χ0) is 14.5. The lowest BCUT2D eigenvalue weighted by atomic mass is 10.1. The molecule has 1 N–H and O–H groups in total. The van der Waals surface area contributed by atoms with Crippen LogP contribution in [0.15, 0.2) is 24.3 Å². The van der Waals surface area contributed by atoms with E-state index in [1.807, 2.05) is 0 Å². The summed E-state index contributed by atoms with van der Waals surface area (Å²) in [5, 5.41) is 2.97. The smallest absolute Gasteiger partial charge is 0.379 e. The summed E-state index contributed by atoms with van der Waals surface area (Å²) in [5.74, 6) is -1.63. The number of ether oxygens (including phenoxy) is 1. The normalized spacial score (nSPS) is 15.1. The Kier molecular flexibility index (Phi) is 4.47. The predicted octanol–water partition coefficient (Wildman–Crippen LogP) is 0.369. The van der Waals surface area contributed by atoms with E-state index in [9.17, 15) is 14.4 Å². The zero-order valence-electron chi connectivity index (χ0n) is 11.2. The lowest BCUT2D eigenvalue weighted by Gasteiger charge is -2.27. The average molecular weight is 276 g/mol. The van der Waals surface area contributed by atoms with E-state index in [4.69, 9.17) is 0 Å². The van der Waals surface area contributed by atoms with Gasteiger partial charge in [0.05, 0.1) is 13.2 Å². The molecule has 1 aliphatic rings. The van der Waals surface area contributed by atoms with E-state index < -0.39 is 11.8 Å². The first-order valence-corrected chi connectivity index (χ1v) is 6.46. The second kappa shape index (κ2) is 6.29. The maximum absolute atomic E-state index is 11.9. The molecule has 1 fully saturated rings. The molecule has 0 spiro atoms. The number of benzene rings is 1. The van der Waals surface area contributed by atoms with Crippen molar-refractivity contribution in [2.24, 2.45) is 0 Å². The van der Waals surface area contributed by atoms with E-state index in [0.717, 1.165) is 0 Å². The fourth-order valence-corrected chi connectivity index (χ4v) is 2.01. The Labute approximate surface area is 116 Å². The number of amides is 1. The van der Waals surface area contributed by atoms with Crippen LogP contribution in [0.3, 0.4) is 0 Å². The van der Waals surface area contributed by atoms with Crippen molar-refractivity contribution in [2.75, 3.05) is 31.1 Å². The standard InChI is InChI=1S/C14H16N2O4/c1-2-20-14(19)13(18)10-4-3-5-11(8-10)16-7-6-15-9-12(16)17/h3-5,8,15H,2,6-7,9H2,1H3. The van der Waals surface area contributed by atoms with Gasteiger partial charge in [-0.15, -0.1) is 0 Å². The van der Waals surface area contributed by atoms with Crippen LogP contribution in [0.1, 0.15) is 17.3 Å². The minimum atomic E-state index is -0.878. The highest BCUT2D eigenvalue weighted by molar-refractivity contribution is 6.40. The Balaban J connectivity index is 2.21. The molecule has 0 radical (unpaired) electrons. The summed E-state index contributed by atoms with van der Waals surface area (Å²) in [7, 11) is 0. The summed E-state index contributed by atoms with van der Waals surface area (Å²) in [6.07, 6.45) is 0. The lowest BCUT2D eigenvalue weighted by Crippen LogP contribution is -2.48. The number of carbonyl (C=O) groups excluding carboxylic acids is 3. The molecule has 1 aromatic rings.